The van der Waals surface area contributed by atoms with Crippen LogP contribution in [-0.2, 0) is 9.59 Å². The van der Waals surface area contributed by atoms with Crippen molar-refractivity contribution < 1.29 is 9.59 Å². The minimum absolute atomic E-state index is 0.253. The Kier molecular flexibility index (Phi) is 2.34. The molecule has 1 N–H and O–H groups in total. The average Bonchev–Trinajstić information content (AvgIpc) is 2.15. The number of H-pyrrole nitrogens is 1. The highest BCUT2D eigenvalue weighted by molar-refractivity contribution is 6.14. The lowest BCUT2D eigenvalue weighted by Gasteiger charge is -2.18. The molecular weight excluding hydrogens is 206 g/mol. The lowest BCUT2D eigenvalue weighted by molar-refractivity contribution is -0.125. The van der Waals surface area contributed by atoms with Crippen LogP contribution >= 0.6 is 0 Å². The van der Waals surface area contributed by atoms with Gasteiger partial charge in [0.15, 0.2) is 5.78 Å². The molecule has 1 aliphatic carbocycles. The predicted molar refractivity (Wildman–Crippen MR) is 59.3 cm³/mol. The van der Waals surface area contributed by atoms with Gasteiger partial charge < -0.3 is 4.98 Å². The molecule has 0 bridgehead atoms. The van der Waals surface area contributed by atoms with Crippen molar-refractivity contribution in [1.29, 1.82) is 0 Å². The summed E-state index contributed by atoms with van der Waals surface area (Å²) in [5.74, 6) is -1.38. The number of aromatic amines is 1. The number of hydrogen-bond donors (Lipinski definition) is 1. The van der Waals surface area contributed by atoms with Crippen LogP contribution in [0.2, 0.25) is 0 Å². The van der Waals surface area contributed by atoms with Crippen molar-refractivity contribution in [3.8, 4) is 0 Å². The van der Waals surface area contributed by atoms with Crippen LogP contribution < -0.4 is 5.56 Å². The molecule has 4 heteroatoms. The van der Waals surface area contributed by atoms with Crippen molar-refractivity contribution in [2.45, 2.75) is 19.8 Å². The maximum absolute atomic E-state index is 11.6. The van der Waals surface area contributed by atoms with E-state index < -0.39 is 5.92 Å². The minimum Gasteiger partial charge on any atom is -0.324 e. The third kappa shape index (κ3) is 1.52. The number of hydrogen-bond acceptors (Lipinski definition) is 3. The molecule has 16 heavy (non-hydrogen) atoms. The molecule has 2 rings (SSSR count). The van der Waals surface area contributed by atoms with Crippen LogP contribution in [-0.4, -0.2) is 16.6 Å². The molecule has 1 atom stereocenters. The van der Waals surface area contributed by atoms with Crippen molar-refractivity contribution in [3.63, 3.8) is 0 Å². The molecule has 1 aliphatic rings. The number of carbonyl (C=O) groups is 2. The summed E-state index contributed by atoms with van der Waals surface area (Å²) < 4.78 is 0. The predicted octanol–water partition coefficient (Wildman–Crippen LogP) is 0.952. The van der Waals surface area contributed by atoms with E-state index in [0.29, 0.717) is 5.69 Å². The topological polar surface area (TPSA) is 67.0 Å². The van der Waals surface area contributed by atoms with Gasteiger partial charge in [-0.05, 0) is 37.1 Å². The van der Waals surface area contributed by atoms with Crippen LogP contribution in [0.3, 0.4) is 0 Å². The van der Waals surface area contributed by atoms with E-state index in [1.54, 1.807) is 13.0 Å². The molecule has 0 amide bonds. The van der Waals surface area contributed by atoms with Gasteiger partial charge in [-0.25, -0.2) is 0 Å². The Morgan fingerprint density at radius 2 is 2.00 bits per heavy atom. The van der Waals surface area contributed by atoms with Crippen LogP contribution in [0.15, 0.2) is 16.9 Å². The summed E-state index contributed by atoms with van der Waals surface area (Å²) in [7, 11) is 0. The zero-order valence-electron chi connectivity index (χ0n) is 9.03. The fourth-order valence-corrected chi connectivity index (χ4v) is 1.98. The fraction of sp³-hybridized carbons (Fsp3) is 0.250. The van der Waals surface area contributed by atoms with E-state index in [-0.39, 0.29) is 17.1 Å². The first-order valence-corrected chi connectivity index (χ1v) is 4.97. The summed E-state index contributed by atoms with van der Waals surface area (Å²) in [6.45, 7) is 3.14. The van der Waals surface area contributed by atoms with E-state index in [1.165, 1.54) is 19.1 Å². The Labute approximate surface area is 92.0 Å². The number of fused-ring (bicyclic) bond motifs is 1. The summed E-state index contributed by atoms with van der Waals surface area (Å²) in [5.41, 5.74) is 1.67. The van der Waals surface area contributed by atoms with Crippen LogP contribution in [0.5, 0.6) is 0 Å². The first-order valence-electron chi connectivity index (χ1n) is 4.97. The molecule has 1 aromatic heterocycles. The van der Waals surface area contributed by atoms with Crippen molar-refractivity contribution in [2.24, 2.45) is 0 Å². The van der Waals surface area contributed by atoms with Crippen LogP contribution in [0, 0.1) is 6.92 Å². The van der Waals surface area contributed by atoms with Crippen molar-refractivity contribution in [2.75, 3.05) is 0 Å². The molecule has 1 aromatic rings. The van der Waals surface area contributed by atoms with Gasteiger partial charge in [0.1, 0.15) is 11.7 Å². The zero-order valence-corrected chi connectivity index (χ0v) is 9.03. The lowest BCUT2D eigenvalue weighted by Crippen LogP contribution is -2.26. The summed E-state index contributed by atoms with van der Waals surface area (Å²) in [6.07, 6.45) is 3.03. The molecule has 1 unspecified atom stereocenters. The van der Waals surface area contributed by atoms with E-state index >= 15 is 0 Å². The maximum Gasteiger partial charge on any atom is 0.248 e. The Hall–Kier alpha value is -1.97. The van der Waals surface area contributed by atoms with E-state index in [1.807, 2.05) is 0 Å². The molecule has 0 saturated carbocycles. The molecule has 82 valence electrons. The van der Waals surface area contributed by atoms with E-state index in [9.17, 15) is 14.4 Å². The zero-order chi connectivity index (χ0) is 11.9. The number of pyridine rings is 1. The smallest absolute Gasteiger partial charge is 0.248 e. The van der Waals surface area contributed by atoms with Crippen molar-refractivity contribution >= 4 is 17.6 Å². The molecule has 0 spiro atoms. The monoisotopic (exact) mass is 217 g/mol. The van der Waals surface area contributed by atoms with Gasteiger partial charge in [0.05, 0.1) is 0 Å². The van der Waals surface area contributed by atoms with Crippen molar-refractivity contribution in [1.82, 2.24) is 4.98 Å². The van der Waals surface area contributed by atoms with Gasteiger partial charge in [-0.2, -0.15) is 0 Å². The maximum atomic E-state index is 11.6. The number of Topliss-reactive ketones (excluding diaryl/α,β-unsaturated/α-hetero) is 1. The molecule has 4 nitrogen and oxygen atoms in total. The van der Waals surface area contributed by atoms with Crippen molar-refractivity contribution in [3.05, 3.63) is 39.3 Å². The quantitative estimate of drug-likeness (QED) is 0.712. The van der Waals surface area contributed by atoms with Gasteiger partial charge in [-0.15, -0.1) is 0 Å². The number of allylic oxidation sites excluding steroid dienone is 1. The first-order chi connectivity index (χ1) is 7.50. The summed E-state index contributed by atoms with van der Waals surface area (Å²) in [4.78, 5) is 36.9. The van der Waals surface area contributed by atoms with E-state index in [4.69, 9.17) is 0 Å². The number of ketones is 2. The number of aromatic nitrogens is 1. The normalized spacial score (nSPS) is 18.4. The third-order valence-corrected chi connectivity index (χ3v) is 2.71. The van der Waals surface area contributed by atoms with Crippen LogP contribution in [0.1, 0.15) is 29.7 Å². The van der Waals surface area contributed by atoms with Crippen LogP contribution in [0.25, 0.3) is 6.08 Å². The molecule has 0 aliphatic heterocycles. The molecule has 0 aromatic carbocycles. The first kappa shape index (κ1) is 10.5. The summed E-state index contributed by atoms with van der Waals surface area (Å²) in [5, 5.41) is 0. The molecule has 0 fully saturated rings. The van der Waals surface area contributed by atoms with E-state index in [2.05, 4.69) is 4.98 Å². The molecule has 0 saturated heterocycles. The second-order valence-corrected chi connectivity index (χ2v) is 3.92. The highest BCUT2D eigenvalue weighted by Gasteiger charge is 2.29. The lowest BCUT2D eigenvalue weighted by atomic mass is 9.86. The SMILES string of the molecule is CC(=O)C1C(=O)C=Cc2c(C)cc(=O)[nH]c21. The minimum atomic E-state index is -0.854. The Balaban J connectivity index is 2.74. The average molecular weight is 217 g/mol. The highest BCUT2D eigenvalue weighted by Crippen LogP contribution is 2.27. The summed E-state index contributed by atoms with van der Waals surface area (Å²) >= 11 is 0. The Morgan fingerprint density at radius 1 is 1.31 bits per heavy atom. The number of nitrogens with one attached hydrogen (secondary N) is 1. The summed E-state index contributed by atoms with van der Waals surface area (Å²) in [6, 6.07) is 1.45. The van der Waals surface area contributed by atoms with Gasteiger partial charge in [0.25, 0.3) is 0 Å². The number of rotatable bonds is 1. The molecule has 0 radical (unpaired) electrons. The van der Waals surface area contributed by atoms with Gasteiger partial charge in [-0.1, -0.05) is 0 Å². The fourth-order valence-electron chi connectivity index (χ4n) is 1.98. The number of aryl methyl sites for hydroxylation is 1. The number of carbonyl (C=O) groups excluding carboxylic acids is 2. The Bertz CT molecular complexity index is 566. The standard InChI is InChI=1S/C12H11NO3/c1-6-5-10(16)13-12-8(6)3-4-9(15)11(12)7(2)14/h3-5,11H,1-2H3,(H,13,16). The Morgan fingerprint density at radius 3 is 2.62 bits per heavy atom. The van der Waals surface area contributed by atoms with E-state index in [0.717, 1.165) is 11.1 Å². The van der Waals surface area contributed by atoms with Crippen LogP contribution in [0.4, 0.5) is 0 Å². The van der Waals surface area contributed by atoms with Gasteiger partial charge in [0, 0.05) is 11.8 Å². The molecular formula is C12H11NO3. The highest BCUT2D eigenvalue weighted by atomic mass is 16.2. The molecule has 1 heterocycles. The second kappa shape index (κ2) is 3.56. The van der Waals surface area contributed by atoms with Gasteiger partial charge >= 0.3 is 0 Å². The second-order valence-electron chi connectivity index (χ2n) is 3.92. The largest absolute Gasteiger partial charge is 0.324 e. The van der Waals surface area contributed by atoms with Gasteiger partial charge in [-0.3, -0.25) is 14.4 Å². The third-order valence-electron chi connectivity index (χ3n) is 2.71. The van der Waals surface area contributed by atoms with Gasteiger partial charge in [0.2, 0.25) is 5.56 Å².